The van der Waals surface area contributed by atoms with Crippen molar-refractivity contribution in [2.24, 2.45) is 11.7 Å². The average Bonchev–Trinajstić information content (AvgIpc) is 2.95. The molecule has 5 nitrogen and oxygen atoms in total. The van der Waals surface area contributed by atoms with Gasteiger partial charge in [-0.15, -0.1) is 0 Å². The molecule has 2 heterocycles. The summed E-state index contributed by atoms with van der Waals surface area (Å²) < 4.78 is 5.37. The van der Waals surface area contributed by atoms with Crippen molar-refractivity contribution in [3.63, 3.8) is 0 Å². The number of halogens is 1. The van der Waals surface area contributed by atoms with E-state index >= 15 is 0 Å². The first kappa shape index (κ1) is 14.4. The summed E-state index contributed by atoms with van der Waals surface area (Å²) in [6.45, 7) is 3.89. The molecule has 3 rings (SSSR count). The van der Waals surface area contributed by atoms with Crippen LogP contribution in [0.1, 0.15) is 13.3 Å². The summed E-state index contributed by atoms with van der Waals surface area (Å²) in [6, 6.07) is 6.02. The number of para-hydroxylation sites is 1. The molecule has 1 saturated heterocycles. The van der Waals surface area contributed by atoms with Gasteiger partial charge in [0, 0.05) is 24.5 Å². The minimum absolute atomic E-state index is 0.188. The normalized spacial score (nSPS) is 20.0. The van der Waals surface area contributed by atoms with Crippen LogP contribution in [-0.4, -0.2) is 36.2 Å². The van der Waals surface area contributed by atoms with E-state index in [0.717, 1.165) is 36.2 Å². The molecule has 0 bridgehead atoms. The molecule has 21 heavy (non-hydrogen) atoms. The van der Waals surface area contributed by atoms with E-state index in [2.05, 4.69) is 21.8 Å². The van der Waals surface area contributed by atoms with Crippen LogP contribution in [0.3, 0.4) is 0 Å². The second-order valence-corrected chi connectivity index (χ2v) is 5.86. The SMILES string of the molecule is COc1cccc2c(N3CCC([C@H](C)N)C3)nc(Cl)nc12. The number of rotatable bonds is 3. The Morgan fingerprint density at radius 1 is 1.43 bits per heavy atom. The van der Waals surface area contributed by atoms with Crippen LogP contribution in [0, 0.1) is 5.92 Å². The third-order valence-electron chi connectivity index (χ3n) is 4.13. The zero-order valence-electron chi connectivity index (χ0n) is 12.2. The highest BCUT2D eigenvalue weighted by Crippen LogP contribution is 2.33. The van der Waals surface area contributed by atoms with Gasteiger partial charge in [0.25, 0.3) is 0 Å². The molecule has 1 aliphatic heterocycles. The Hall–Kier alpha value is -1.59. The maximum absolute atomic E-state index is 6.10. The summed E-state index contributed by atoms with van der Waals surface area (Å²) in [7, 11) is 1.63. The molecule has 0 aliphatic carbocycles. The predicted octanol–water partition coefficient (Wildman–Crippen LogP) is 2.47. The fourth-order valence-corrected chi connectivity index (χ4v) is 3.06. The van der Waals surface area contributed by atoms with E-state index in [1.807, 2.05) is 18.2 Å². The van der Waals surface area contributed by atoms with Gasteiger partial charge in [0.15, 0.2) is 0 Å². The quantitative estimate of drug-likeness (QED) is 0.883. The van der Waals surface area contributed by atoms with E-state index in [-0.39, 0.29) is 11.3 Å². The average molecular weight is 307 g/mol. The van der Waals surface area contributed by atoms with Crippen molar-refractivity contribution >= 4 is 28.3 Å². The molecule has 0 radical (unpaired) electrons. The van der Waals surface area contributed by atoms with Crippen LogP contribution in [-0.2, 0) is 0 Å². The fraction of sp³-hybridized carbons (Fsp3) is 0.467. The van der Waals surface area contributed by atoms with Crippen LogP contribution < -0.4 is 15.4 Å². The number of fused-ring (bicyclic) bond motifs is 1. The van der Waals surface area contributed by atoms with Crippen LogP contribution in [0.15, 0.2) is 18.2 Å². The molecule has 0 amide bonds. The molecular weight excluding hydrogens is 288 g/mol. The van der Waals surface area contributed by atoms with Crippen LogP contribution in [0.2, 0.25) is 5.28 Å². The van der Waals surface area contributed by atoms with E-state index in [4.69, 9.17) is 22.1 Å². The Bertz CT molecular complexity index is 661. The number of nitrogens with zero attached hydrogens (tertiary/aromatic N) is 3. The van der Waals surface area contributed by atoms with Crippen molar-refractivity contribution in [3.8, 4) is 5.75 Å². The first-order valence-electron chi connectivity index (χ1n) is 7.11. The summed E-state index contributed by atoms with van der Waals surface area (Å²) in [6.07, 6.45) is 1.07. The van der Waals surface area contributed by atoms with Gasteiger partial charge in [0.1, 0.15) is 17.1 Å². The Labute approximate surface area is 129 Å². The van der Waals surface area contributed by atoms with Crippen LogP contribution in [0.25, 0.3) is 10.9 Å². The first-order chi connectivity index (χ1) is 10.1. The molecule has 1 unspecified atom stereocenters. The highest BCUT2D eigenvalue weighted by atomic mass is 35.5. The largest absolute Gasteiger partial charge is 0.494 e. The molecule has 6 heteroatoms. The Balaban J connectivity index is 2.07. The summed E-state index contributed by atoms with van der Waals surface area (Å²) in [4.78, 5) is 11.0. The smallest absolute Gasteiger partial charge is 0.225 e. The number of hydrogen-bond acceptors (Lipinski definition) is 5. The van der Waals surface area contributed by atoms with Gasteiger partial charge < -0.3 is 15.4 Å². The molecule has 2 atom stereocenters. The van der Waals surface area contributed by atoms with Crippen molar-refractivity contribution in [3.05, 3.63) is 23.5 Å². The van der Waals surface area contributed by atoms with Crippen LogP contribution in [0.4, 0.5) is 5.82 Å². The van der Waals surface area contributed by atoms with Gasteiger partial charge in [-0.25, -0.2) is 4.98 Å². The zero-order valence-corrected chi connectivity index (χ0v) is 13.0. The van der Waals surface area contributed by atoms with Crippen molar-refractivity contribution < 1.29 is 4.74 Å². The molecule has 1 fully saturated rings. The van der Waals surface area contributed by atoms with Gasteiger partial charge in [-0.05, 0) is 43.0 Å². The summed E-state index contributed by atoms with van der Waals surface area (Å²) >= 11 is 6.10. The van der Waals surface area contributed by atoms with Crippen molar-refractivity contribution in [1.29, 1.82) is 0 Å². The third-order valence-corrected chi connectivity index (χ3v) is 4.30. The second kappa shape index (κ2) is 5.66. The Kier molecular flexibility index (Phi) is 3.87. The predicted molar refractivity (Wildman–Crippen MR) is 85.1 cm³/mol. The van der Waals surface area contributed by atoms with Gasteiger partial charge in [0.2, 0.25) is 5.28 Å². The van der Waals surface area contributed by atoms with Crippen molar-refractivity contribution in [2.75, 3.05) is 25.1 Å². The molecule has 112 valence electrons. The topological polar surface area (TPSA) is 64.3 Å². The monoisotopic (exact) mass is 306 g/mol. The molecule has 0 spiro atoms. The van der Waals surface area contributed by atoms with Gasteiger partial charge in [-0.1, -0.05) is 6.07 Å². The molecule has 1 aromatic heterocycles. The van der Waals surface area contributed by atoms with Gasteiger partial charge >= 0.3 is 0 Å². The number of anilines is 1. The molecular formula is C15H19ClN4O. The highest BCUT2D eigenvalue weighted by molar-refractivity contribution is 6.29. The number of methoxy groups -OCH3 is 1. The van der Waals surface area contributed by atoms with Gasteiger partial charge in [0.05, 0.1) is 7.11 Å². The van der Waals surface area contributed by atoms with E-state index in [1.54, 1.807) is 7.11 Å². The first-order valence-corrected chi connectivity index (χ1v) is 7.48. The van der Waals surface area contributed by atoms with Gasteiger partial charge in [-0.2, -0.15) is 4.98 Å². The van der Waals surface area contributed by atoms with E-state index in [9.17, 15) is 0 Å². The number of benzene rings is 1. The summed E-state index contributed by atoms with van der Waals surface area (Å²) in [5, 5.41) is 1.20. The Morgan fingerprint density at radius 2 is 2.24 bits per heavy atom. The van der Waals surface area contributed by atoms with Gasteiger partial charge in [-0.3, -0.25) is 0 Å². The van der Waals surface area contributed by atoms with Crippen LogP contribution >= 0.6 is 11.6 Å². The number of ether oxygens (including phenoxy) is 1. The molecule has 2 aromatic rings. The molecule has 1 aliphatic rings. The molecule has 2 N–H and O–H groups in total. The maximum Gasteiger partial charge on any atom is 0.225 e. The van der Waals surface area contributed by atoms with E-state index < -0.39 is 0 Å². The minimum atomic E-state index is 0.188. The Morgan fingerprint density at radius 3 is 2.90 bits per heavy atom. The lowest BCUT2D eigenvalue weighted by molar-refractivity contribution is 0.419. The summed E-state index contributed by atoms with van der Waals surface area (Å²) in [5.41, 5.74) is 6.77. The maximum atomic E-state index is 6.10. The molecule has 1 aromatic carbocycles. The second-order valence-electron chi connectivity index (χ2n) is 5.53. The summed E-state index contributed by atoms with van der Waals surface area (Å²) in [5.74, 6) is 2.06. The lowest BCUT2D eigenvalue weighted by atomic mass is 10.0. The van der Waals surface area contributed by atoms with Crippen LogP contribution in [0.5, 0.6) is 5.75 Å². The standard InChI is InChI=1S/C15H19ClN4O/c1-9(17)10-6-7-20(8-10)14-11-4-3-5-12(21-2)13(11)18-15(16)19-14/h3-5,9-10H,6-8,17H2,1-2H3/t9-,10?/m0/s1. The lowest BCUT2D eigenvalue weighted by Gasteiger charge is -2.21. The highest BCUT2D eigenvalue weighted by Gasteiger charge is 2.27. The molecule has 0 saturated carbocycles. The number of hydrogen-bond donors (Lipinski definition) is 1. The number of aromatic nitrogens is 2. The lowest BCUT2D eigenvalue weighted by Crippen LogP contribution is -2.30. The van der Waals surface area contributed by atoms with E-state index in [0.29, 0.717) is 11.7 Å². The third kappa shape index (κ3) is 2.63. The minimum Gasteiger partial charge on any atom is -0.494 e. The van der Waals surface area contributed by atoms with E-state index in [1.165, 1.54) is 0 Å². The van der Waals surface area contributed by atoms with Crippen molar-refractivity contribution in [1.82, 2.24) is 9.97 Å². The van der Waals surface area contributed by atoms with Crippen molar-refractivity contribution in [2.45, 2.75) is 19.4 Å². The zero-order chi connectivity index (χ0) is 15.0. The fourth-order valence-electron chi connectivity index (χ4n) is 2.90. The number of nitrogens with two attached hydrogens (primary N) is 1.